The van der Waals surface area contributed by atoms with Crippen molar-refractivity contribution in [2.24, 2.45) is 0 Å². The molecule has 0 unspecified atom stereocenters. The molecule has 0 aliphatic carbocycles. The molecule has 1 aliphatic heterocycles. The zero-order valence-electron chi connectivity index (χ0n) is 24.1. The Labute approximate surface area is 267 Å². The highest BCUT2D eigenvalue weighted by molar-refractivity contribution is 6.30. The summed E-state index contributed by atoms with van der Waals surface area (Å²) >= 11 is 6.18. The van der Waals surface area contributed by atoms with Gasteiger partial charge in [-0.1, -0.05) is 35.9 Å². The number of nitrogens with one attached hydrogen (secondary N) is 1. The molecule has 12 heteroatoms. The van der Waals surface area contributed by atoms with Gasteiger partial charge in [0.15, 0.2) is 0 Å². The summed E-state index contributed by atoms with van der Waals surface area (Å²) in [6.45, 7) is 3.32. The molecule has 3 N–H and O–H groups in total. The lowest BCUT2D eigenvalue weighted by Gasteiger charge is -2.28. The SMILES string of the molecule is Cl.N#Cc1ccc(Cn2cncc2CN(CCCNC(=O)c2ccc(N)nc2)[C@H]2CCN(Cc3cccc(Cl)c3)C2=O)cc1. The van der Waals surface area contributed by atoms with Crippen LogP contribution in [-0.4, -0.2) is 61.8 Å². The summed E-state index contributed by atoms with van der Waals surface area (Å²) in [5.74, 6) is 0.218. The molecule has 1 saturated heterocycles. The first-order valence-corrected chi connectivity index (χ1v) is 14.5. The summed E-state index contributed by atoms with van der Waals surface area (Å²) in [6, 6.07) is 20.2. The number of nitrogens with zero attached hydrogens (tertiary/aromatic N) is 6. The maximum absolute atomic E-state index is 13.7. The first-order chi connectivity index (χ1) is 20.9. The van der Waals surface area contributed by atoms with Crippen molar-refractivity contribution in [3.05, 3.63) is 112 Å². The number of halogens is 2. The number of pyridine rings is 1. The average Bonchev–Trinajstić information content (AvgIpc) is 3.60. The van der Waals surface area contributed by atoms with Crippen LogP contribution in [0.25, 0.3) is 0 Å². The molecule has 2 aromatic carbocycles. The van der Waals surface area contributed by atoms with Gasteiger partial charge in [-0.15, -0.1) is 12.4 Å². The van der Waals surface area contributed by atoms with Crippen molar-refractivity contribution in [3.8, 4) is 6.07 Å². The third-order valence-electron chi connectivity index (χ3n) is 7.53. The number of carbonyl (C=O) groups excluding carboxylic acids is 2. The highest BCUT2D eigenvalue weighted by Gasteiger charge is 2.36. The van der Waals surface area contributed by atoms with Crippen LogP contribution >= 0.6 is 24.0 Å². The van der Waals surface area contributed by atoms with E-state index >= 15 is 0 Å². The quantitative estimate of drug-likeness (QED) is 0.223. The Morgan fingerprint density at radius 1 is 1.11 bits per heavy atom. The van der Waals surface area contributed by atoms with Gasteiger partial charge in [-0.2, -0.15) is 5.26 Å². The minimum Gasteiger partial charge on any atom is -0.384 e. The zero-order valence-corrected chi connectivity index (χ0v) is 25.7. The summed E-state index contributed by atoms with van der Waals surface area (Å²) < 4.78 is 2.06. The van der Waals surface area contributed by atoms with Gasteiger partial charge in [-0.25, -0.2) is 9.97 Å². The van der Waals surface area contributed by atoms with Crippen LogP contribution in [0.1, 0.15) is 45.6 Å². The van der Waals surface area contributed by atoms with Crippen LogP contribution < -0.4 is 11.1 Å². The van der Waals surface area contributed by atoms with E-state index in [0.29, 0.717) is 74.1 Å². The van der Waals surface area contributed by atoms with E-state index < -0.39 is 0 Å². The zero-order chi connectivity index (χ0) is 30.2. The lowest BCUT2D eigenvalue weighted by atomic mass is 10.1. The van der Waals surface area contributed by atoms with Crippen molar-refractivity contribution in [1.29, 1.82) is 5.26 Å². The molecule has 2 amide bonds. The van der Waals surface area contributed by atoms with E-state index in [0.717, 1.165) is 16.8 Å². The topological polar surface area (TPSA) is 133 Å². The van der Waals surface area contributed by atoms with Crippen LogP contribution in [0.4, 0.5) is 5.82 Å². The molecule has 44 heavy (non-hydrogen) atoms. The summed E-state index contributed by atoms with van der Waals surface area (Å²) in [5.41, 5.74) is 9.71. The molecular formula is C32H34Cl2N8O2. The van der Waals surface area contributed by atoms with Gasteiger partial charge in [0.1, 0.15) is 5.82 Å². The van der Waals surface area contributed by atoms with Crippen molar-refractivity contribution in [3.63, 3.8) is 0 Å². The van der Waals surface area contributed by atoms with Crippen LogP contribution in [0, 0.1) is 11.3 Å². The minimum atomic E-state index is -0.297. The predicted octanol–water partition coefficient (Wildman–Crippen LogP) is 4.28. The number of nitriles is 1. The smallest absolute Gasteiger partial charge is 0.252 e. The largest absolute Gasteiger partial charge is 0.384 e. The number of nitrogen functional groups attached to an aromatic ring is 1. The fourth-order valence-electron chi connectivity index (χ4n) is 5.26. The molecule has 0 radical (unpaired) electrons. The van der Waals surface area contributed by atoms with Crippen LogP contribution in [0.5, 0.6) is 0 Å². The lowest BCUT2D eigenvalue weighted by molar-refractivity contribution is -0.132. The fourth-order valence-corrected chi connectivity index (χ4v) is 5.47. The van der Waals surface area contributed by atoms with E-state index in [1.807, 2.05) is 47.5 Å². The number of nitrogens with two attached hydrogens (primary N) is 1. The standard InChI is InChI=1S/C32H33ClN8O2.ClH/c33-27-4-1-3-25(15-27)20-40-14-11-29(32(40)43)39(13-2-12-37-31(42)26-9-10-30(35)38-17-26)21-28-18-36-22-41(28)19-24-7-5-23(16-34)6-8-24;/h1,3-10,15,17-18,22,29H,2,11-14,19-21H2,(H2,35,38)(H,37,42);1H/t29-;/m0./s1. The Morgan fingerprint density at radius 3 is 2.66 bits per heavy atom. The van der Waals surface area contributed by atoms with Gasteiger partial charge in [0.05, 0.1) is 35.3 Å². The highest BCUT2D eigenvalue weighted by Crippen LogP contribution is 2.23. The monoisotopic (exact) mass is 632 g/mol. The molecule has 1 atom stereocenters. The molecule has 2 aromatic heterocycles. The summed E-state index contributed by atoms with van der Waals surface area (Å²) in [5, 5.41) is 12.7. The Bertz CT molecular complexity index is 1600. The molecular weight excluding hydrogens is 599 g/mol. The third kappa shape index (κ3) is 8.35. The number of likely N-dealkylation sites (tertiary alicyclic amines) is 1. The van der Waals surface area contributed by atoms with E-state index in [9.17, 15) is 9.59 Å². The fraction of sp³-hybridized carbons (Fsp3) is 0.281. The molecule has 0 saturated carbocycles. The Kier molecular flexibility index (Phi) is 11.3. The molecule has 10 nitrogen and oxygen atoms in total. The Balaban J connectivity index is 0.00000442. The van der Waals surface area contributed by atoms with Crippen LogP contribution in [0.2, 0.25) is 5.02 Å². The second-order valence-corrected chi connectivity index (χ2v) is 11.0. The van der Waals surface area contributed by atoms with Gasteiger partial charge in [-0.05, 0) is 60.4 Å². The molecule has 0 spiro atoms. The van der Waals surface area contributed by atoms with Gasteiger partial charge < -0.3 is 20.5 Å². The first kappa shape index (κ1) is 32.5. The maximum Gasteiger partial charge on any atom is 0.252 e. The molecule has 228 valence electrons. The number of rotatable bonds is 12. The van der Waals surface area contributed by atoms with E-state index in [-0.39, 0.29) is 30.3 Å². The highest BCUT2D eigenvalue weighted by atomic mass is 35.5. The number of anilines is 1. The maximum atomic E-state index is 13.7. The van der Waals surface area contributed by atoms with E-state index in [1.165, 1.54) is 6.20 Å². The molecule has 1 fully saturated rings. The van der Waals surface area contributed by atoms with Crippen molar-refractivity contribution >= 4 is 41.6 Å². The number of imidazole rings is 1. The van der Waals surface area contributed by atoms with Crippen LogP contribution in [-0.2, 0) is 24.4 Å². The summed E-state index contributed by atoms with van der Waals surface area (Å²) in [6.07, 6.45) is 6.42. The summed E-state index contributed by atoms with van der Waals surface area (Å²) in [7, 11) is 0. The number of carbonyl (C=O) groups is 2. The number of benzene rings is 2. The summed E-state index contributed by atoms with van der Waals surface area (Å²) in [4.78, 5) is 38.7. The van der Waals surface area contributed by atoms with Crippen LogP contribution in [0.15, 0.2) is 79.4 Å². The number of hydrogen-bond acceptors (Lipinski definition) is 7. The molecule has 1 aliphatic rings. The predicted molar refractivity (Wildman–Crippen MR) is 171 cm³/mol. The normalized spacial score (nSPS) is 14.3. The van der Waals surface area contributed by atoms with Gasteiger partial charge >= 0.3 is 0 Å². The molecule has 0 bridgehead atoms. The number of hydrogen-bond donors (Lipinski definition) is 2. The van der Waals surface area contributed by atoms with Crippen molar-refractivity contribution < 1.29 is 9.59 Å². The van der Waals surface area contributed by atoms with Gasteiger partial charge in [0, 0.05) is 56.7 Å². The van der Waals surface area contributed by atoms with E-state index in [1.54, 1.807) is 30.6 Å². The minimum absolute atomic E-state index is 0. The van der Waals surface area contributed by atoms with Crippen molar-refractivity contribution in [1.82, 2.24) is 29.7 Å². The third-order valence-corrected chi connectivity index (χ3v) is 7.76. The van der Waals surface area contributed by atoms with Gasteiger partial charge in [0.2, 0.25) is 5.91 Å². The first-order valence-electron chi connectivity index (χ1n) is 14.1. The molecule has 5 rings (SSSR count). The second-order valence-electron chi connectivity index (χ2n) is 10.6. The average molecular weight is 634 g/mol. The lowest BCUT2D eigenvalue weighted by Crippen LogP contribution is -2.43. The molecule has 4 aromatic rings. The van der Waals surface area contributed by atoms with Crippen molar-refractivity contribution in [2.45, 2.75) is 38.5 Å². The molecule has 3 heterocycles. The second kappa shape index (κ2) is 15.3. The van der Waals surface area contributed by atoms with Gasteiger partial charge in [0.25, 0.3) is 5.91 Å². The van der Waals surface area contributed by atoms with Crippen molar-refractivity contribution in [2.75, 3.05) is 25.4 Å². The number of aromatic nitrogens is 3. The van der Waals surface area contributed by atoms with E-state index in [4.69, 9.17) is 22.6 Å². The van der Waals surface area contributed by atoms with Gasteiger partial charge in [-0.3, -0.25) is 14.5 Å². The number of amides is 2. The van der Waals surface area contributed by atoms with E-state index in [2.05, 4.69) is 30.8 Å². The van der Waals surface area contributed by atoms with Crippen LogP contribution in [0.3, 0.4) is 0 Å². The Hall–Kier alpha value is -4.43. The Morgan fingerprint density at radius 2 is 1.93 bits per heavy atom.